The Morgan fingerprint density at radius 2 is 1.79 bits per heavy atom. The second-order valence-corrected chi connectivity index (χ2v) is 3.78. The molecule has 0 spiro atoms. The normalized spacial score (nSPS) is 10.1. The van der Waals surface area contributed by atoms with E-state index in [4.69, 9.17) is 0 Å². The molecule has 3 heteroatoms. The van der Waals surface area contributed by atoms with E-state index in [-0.39, 0.29) is 12.4 Å². The van der Waals surface area contributed by atoms with E-state index in [1.807, 2.05) is 0 Å². The summed E-state index contributed by atoms with van der Waals surface area (Å²) in [4.78, 5) is 0. The standard InChI is InChI=1S/C11H21N2.ClH/c1-6-7-8-13-10(3)9(2)12(5)11(13)4;/h6-8H2,1-5H3;1H/q+1;/p-1. The molecule has 0 bridgehead atoms. The van der Waals surface area contributed by atoms with Gasteiger partial charge in [-0.15, -0.1) is 0 Å². The number of rotatable bonds is 3. The summed E-state index contributed by atoms with van der Waals surface area (Å²) in [5, 5.41) is 0. The zero-order valence-electron chi connectivity index (χ0n) is 9.89. The lowest BCUT2D eigenvalue weighted by atomic mass is 10.3. The van der Waals surface area contributed by atoms with Gasteiger partial charge in [-0.2, -0.15) is 0 Å². The lowest BCUT2D eigenvalue weighted by molar-refractivity contribution is -0.683. The minimum Gasteiger partial charge on any atom is -1.00 e. The third kappa shape index (κ3) is 2.30. The summed E-state index contributed by atoms with van der Waals surface area (Å²) >= 11 is 0. The number of nitrogens with zero attached hydrogens (tertiary/aromatic N) is 2. The van der Waals surface area contributed by atoms with Gasteiger partial charge in [-0.25, -0.2) is 9.13 Å². The van der Waals surface area contributed by atoms with Gasteiger partial charge in [0.25, 0.3) is 5.82 Å². The Balaban J connectivity index is 0.00000169. The van der Waals surface area contributed by atoms with Crippen molar-refractivity contribution < 1.29 is 17.0 Å². The van der Waals surface area contributed by atoms with Crippen molar-refractivity contribution in [3.63, 3.8) is 0 Å². The molecule has 82 valence electrons. The summed E-state index contributed by atoms with van der Waals surface area (Å²) in [6.07, 6.45) is 2.54. The van der Waals surface area contributed by atoms with E-state index in [0.29, 0.717) is 0 Å². The van der Waals surface area contributed by atoms with Gasteiger partial charge in [-0.3, -0.25) is 0 Å². The highest BCUT2D eigenvalue weighted by Crippen LogP contribution is 2.08. The Morgan fingerprint density at radius 1 is 1.21 bits per heavy atom. The van der Waals surface area contributed by atoms with Crippen LogP contribution in [0.5, 0.6) is 0 Å². The molecule has 1 heterocycles. The Hall–Kier alpha value is -0.500. The van der Waals surface area contributed by atoms with Crippen LogP contribution in [0.2, 0.25) is 0 Å². The lowest BCUT2D eigenvalue weighted by Crippen LogP contribution is -3.00. The van der Waals surface area contributed by atoms with Crippen LogP contribution in [0, 0.1) is 20.8 Å². The molecule has 0 amide bonds. The molecule has 0 aliphatic carbocycles. The van der Waals surface area contributed by atoms with Crippen molar-refractivity contribution in [3.05, 3.63) is 17.2 Å². The third-order valence-corrected chi connectivity index (χ3v) is 3.04. The van der Waals surface area contributed by atoms with Crippen molar-refractivity contribution in [2.24, 2.45) is 7.05 Å². The molecule has 1 rings (SSSR count). The summed E-state index contributed by atoms with van der Waals surface area (Å²) in [5.74, 6) is 1.36. The molecule has 0 radical (unpaired) electrons. The SMILES string of the molecule is CCCCn1c(C)c(C)[n+](C)c1C.[Cl-]. The minimum absolute atomic E-state index is 0. The first-order chi connectivity index (χ1) is 6.09. The highest BCUT2D eigenvalue weighted by molar-refractivity contribution is 5.06. The first-order valence-electron chi connectivity index (χ1n) is 5.11. The van der Waals surface area contributed by atoms with Crippen molar-refractivity contribution in [2.45, 2.75) is 47.1 Å². The zero-order valence-corrected chi connectivity index (χ0v) is 10.6. The molecule has 1 aromatic rings. The lowest BCUT2D eigenvalue weighted by Gasteiger charge is -1.98. The second-order valence-electron chi connectivity index (χ2n) is 3.78. The Labute approximate surface area is 93.4 Å². The van der Waals surface area contributed by atoms with Crippen molar-refractivity contribution in [3.8, 4) is 0 Å². The Morgan fingerprint density at radius 3 is 2.14 bits per heavy atom. The summed E-state index contributed by atoms with van der Waals surface area (Å²) in [7, 11) is 2.14. The van der Waals surface area contributed by atoms with Crippen molar-refractivity contribution in [2.75, 3.05) is 0 Å². The fraction of sp³-hybridized carbons (Fsp3) is 0.727. The molecule has 0 aromatic carbocycles. The van der Waals surface area contributed by atoms with Crippen LogP contribution in [-0.2, 0) is 13.6 Å². The van der Waals surface area contributed by atoms with Gasteiger partial charge in [-0.1, -0.05) is 13.3 Å². The van der Waals surface area contributed by atoms with Crippen molar-refractivity contribution in [1.82, 2.24) is 4.57 Å². The average Bonchev–Trinajstić information content (AvgIpc) is 2.30. The van der Waals surface area contributed by atoms with Crippen LogP contribution in [0.25, 0.3) is 0 Å². The number of halogens is 1. The van der Waals surface area contributed by atoms with Crippen LogP contribution in [0.3, 0.4) is 0 Å². The topological polar surface area (TPSA) is 8.81 Å². The van der Waals surface area contributed by atoms with Gasteiger partial charge in [0.15, 0.2) is 0 Å². The molecule has 14 heavy (non-hydrogen) atoms. The highest BCUT2D eigenvalue weighted by Gasteiger charge is 2.18. The van der Waals surface area contributed by atoms with E-state index in [0.717, 1.165) is 6.54 Å². The minimum atomic E-state index is 0. The maximum atomic E-state index is 2.42. The molecule has 0 N–H and O–H groups in total. The summed E-state index contributed by atoms with van der Waals surface area (Å²) in [6, 6.07) is 0. The van der Waals surface area contributed by atoms with E-state index in [2.05, 4.69) is 43.9 Å². The summed E-state index contributed by atoms with van der Waals surface area (Å²) in [5.41, 5.74) is 2.79. The van der Waals surface area contributed by atoms with Crippen LogP contribution < -0.4 is 17.0 Å². The van der Waals surface area contributed by atoms with Gasteiger partial charge in [0.2, 0.25) is 0 Å². The number of unbranched alkanes of at least 4 members (excludes halogenated alkanes) is 1. The fourth-order valence-electron chi connectivity index (χ4n) is 1.75. The molecule has 0 fully saturated rings. The predicted octanol–water partition coefficient (Wildman–Crippen LogP) is -0.958. The quantitative estimate of drug-likeness (QED) is 0.576. The molecule has 0 saturated heterocycles. The van der Waals surface area contributed by atoms with E-state index in [9.17, 15) is 0 Å². The van der Waals surface area contributed by atoms with E-state index >= 15 is 0 Å². The fourth-order valence-corrected chi connectivity index (χ4v) is 1.75. The Kier molecular flexibility index (Phi) is 5.21. The summed E-state index contributed by atoms with van der Waals surface area (Å²) < 4.78 is 4.68. The van der Waals surface area contributed by atoms with E-state index < -0.39 is 0 Å². The number of imidazole rings is 1. The van der Waals surface area contributed by atoms with Gasteiger partial charge in [-0.05, 0) is 6.42 Å². The van der Waals surface area contributed by atoms with Crippen LogP contribution >= 0.6 is 0 Å². The highest BCUT2D eigenvalue weighted by atomic mass is 35.5. The molecular formula is C11H21ClN2. The number of hydrogen-bond acceptors (Lipinski definition) is 0. The maximum absolute atomic E-state index is 2.42. The first kappa shape index (κ1) is 13.5. The first-order valence-corrected chi connectivity index (χ1v) is 5.11. The molecule has 0 aliphatic heterocycles. The largest absolute Gasteiger partial charge is 1.00 e. The third-order valence-electron chi connectivity index (χ3n) is 3.04. The smallest absolute Gasteiger partial charge is 0.253 e. The average molecular weight is 217 g/mol. The second kappa shape index (κ2) is 5.40. The number of hydrogen-bond donors (Lipinski definition) is 0. The molecule has 1 aromatic heterocycles. The molecular weight excluding hydrogens is 196 g/mol. The van der Waals surface area contributed by atoms with E-state index in [1.165, 1.54) is 30.1 Å². The van der Waals surface area contributed by atoms with Crippen LogP contribution in [0.15, 0.2) is 0 Å². The predicted molar refractivity (Wildman–Crippen MR) is 54.7 cm³/mol. The molecule has 0 unspecified atom stereocenters. The summed E-state index contributed by atoms with van der Waals surface area (Å²) in [6.45, 7) is 9.98. The molecule has 2 nitrogen and oxygen atoms in total. The number of aromatic nitrogens is 2. The van der Waals surface area contributed by atoms with Gasteiger partial charge >= 0.3 is 0 Å². The molecule has 0 aliphatic rings. The molecule has 0 atom stereocenters. The van der Waals surface area contributed by atoms with Crippen LogP contribution in [0.4, 0.5) is 0 Å². The van der Waals surface area contributed by atoms with Gasteiger partial charge in [0, 0.05) is 20.8 Å². The molecule has 0 saturated carbocycles. The monoisotopic (exact) mass is 216 g/mol. The van der Waals surface area contributed by atoms with Crippen LogP contribution in [-0.4, -0.2) is 4.57 Å². The van der Waals surface area contributed by atoms with Crippen molar-refractivity contribution in [1.29, 1.82) is 0 Å². The van der Waals surface area contributed by atoms with Gasteiger partial charge < -0.3 is 12.4 Å². The Bertz CT molecular complexity index is 277. The van der Waals surface area contributed by atoms with Gasteiger partial charge in [0.1, 0.15) is 11.4 Å². The van der Waals surface area contributed by atoms with Crippen molar-refractivity contribution >= 4 is 0 Å². The van der Waals surface area contributed by atoms with Crippen LogP contribution in [0.1, 0.15) is 37.0 Å². The maximum Gasteiger partial charge on any atom is 0.253 e. The zero-order chi connectivity index (χ0) is 10.0. The van der Waals surface area contributed by atoms with E-state index in [1.54, 1.807) is 0 Å². The van der Waals surface area contributed by atoms with Gasteiger partial charge in [0.05, 0.1) is 13.6 Å².